The van der Waals surface area contributed by atoms with Crippen LogP contribution in [-0.2, 0) is 11.2 Å². The molecule has 0 bridgehead atoms. The quantitative estimate of drug-likeness (QED) is 0.623. The summed E-state index contributed by atoms with van der Waals surface area (Å²) in [7, 11) is 0. The van der Waals surface area contributed by atoms with E-state index in [0.29, 0.717) is 6.42 Å². The number of anilines is 4. The fourth-order valence-electron chi connectivity index (χ4n) is 4.19. The molecule has 1 fully saturated rings. The molecule has 3 aromatic rings. The molecule has 2 aromatic carbocycles. The maximum atomic E-state index is 12.7. The van der Waals surface area contributed by atoms with Crippen LogP contribution in [0.4, 0.5) is 23.1 Å². The van der Waals surface area contributed by atoms with E-state index >= 15 is 0 Å². The summed E-state index contributed by atoms with van der Waals surface area (Å²) >= 11 is 0. The summed E-state index contributed by atoms with van der Waals surface area (Å²) < 4.78 is 5.89. The van der Waals surface area contributed by atoms with Crippen molar-refractivity contribution in [3.8, 4) is 5.75 Å². The Balaban J connectivity index is 1.22. The number of ether oxygens (including phenoxy) is 1. The fourth-order valence-corrected chi connectivity index (χ4v) is 4.19. The molecular formula is C25H27N5O2. The van der Waals surface area contributed by atoms with Gasteiger partial charge in [0.05, 0.1) is 0 Å². The van der Waals surface area contributed by atoms with Crippen molar-refractivity contribution in [3.63, 3.8) is 0 Å². The highest BCUT2D eigenvalue weighted by atomic mass is 16.5. The number of nitrogens with zero attached hydrogens (tertiary/aromatic N) is 3. The summed E-state index contributed by atoms with van der Waals surface area (Å²) in [5, 5.41) is 6.31. The number of nitrogens with one attached hydrogen (secondary N) is 2. The lowest BCUT2D eigenvalue weighted by atomic mass is 10.0. The van der Waals surface area contributed by atoms with Gasteiger partial charge in [0.25, 0.3) is 5.91 Å². The van der Waals surface area contributed by atoms with E-state index in [4.69, 9.17) is 4.74 Å². The van der Waals surface area contributed by atoms with Crippen molar-refractivity contribution in [2.24, 2.45) is 0 Å². The minimum Gasteiger partial charge on any atom is -0.480 e. The number of hydrogen-bond acceptors (Lipinski definition) is 6. The van der Waals surface area contributed by atoms with Gasteiger partial charge >= 0.3 is 0 Å². The molecular weight excluding hydrogens is 402 g/mol. The fraction of sp³-hybridized carbons (Fsp3) is 0.320. The zero-order valence-corrected chi connectivity index (χ0v) is 18.2. The molecule has 1 atom stereocenters. The van der Waals surface area contributed by atoms with Crippen LogP contribution < -0.4 is 20.3 Å². The third kappa shape index (κ3) is 4.51. The van der Waals surface area contributed by atoms with E-state index < -0.39 is 6.10 Å². The van der Waals surface area contributed by atoms with Crippen molar-refractivity contribution >= 4 is 29.0 Å². The lowest BCUT2D eigenvalue weighted by Gasteiger charge is -2.25. The number of fused-ring (bicyclic) bond motifs is 1. The average molecular weight is 430 g/mol. The Bertz CT molecular complexity index is 1110. The standard InChI is InChI=1S/C25H27N5O2/c1-17-16-23(29-25(26-17)30-14-4-5-15-30)27-19-9-11-20(12-10-19)28-24(31)22-13-8-18-6-2-3-7-21(18)32-22/h2-3,6-7,9-12,16,22H,4-5,8,13-15H2,1H3,(H,28,31)(H,26,27,29). The predicted octanol–water partition coefficient (Wildman–Crippen LogP) is 4.46. The van der Waals surface area contributed by atoms with Gasteiger partial charge in [-0.3, -0.25) is 4.79 Å². The van der Waals surface area contributed by atoms with Gasteiger partial charge < -0.3 is 20.3 Å². The molecule has 1 saturated heterocycles. The number of rotatable bonds is 5. The molecule has 164 valence electrons. The maximum Gasteiger partial charge on any atom is 0.265 e. The number of amides is 1. The number of aromatic nitrogens is 2. The third-order valence-corrected chi connectivity index (χ3v) is 5.87. The number of carbonyl (C=O) groups is 1. The van der Waals surface area contributed by atoms with Gasteiger partial charge in [0, 0.05) is 36.2 Å². The molecule has 3 heterocycles. The molecule has 0 aliphatic carbocycles. The number of carbonyl (C=O) groups excluding carboxylic acids is 1. The second kappa shape index (κ2) is 8.86. The zero-order valence-electron chi connectivity index (χ0n) is 18.2. The van der Waals surface area contributed by atoms with Gasteiger partial charge in [0.15, 0.2) is 6.10 Å². The Morgan fingerprint density at radius 3 is 2.59 bits per heavy atom. The van der Waals surface area contributed by atoms with Crippen LogP contribution in [0.3, 0.4) is 0 Å². The molecule has 5 rings (SSSR count). The van der Waals surface area contributed by atoms with Crippen molar-refractivity contribution in [2.45, 2.75) is 38.7 Å². The normalized spacial score (nSPS) is 17.4. The van der Waals surface area contributed by atoms with Gasteiger partial charge in [0.2, 0.25) is 5.95 Å². The third-order valence-electron chi connectivity index (χ3n) is 5.87. The van der Waals surface area contributed by atoms with E-state index in [0.717, 1.165) is 59.7 Å². The molecule has 2 N–H and O–H groups in total. The van der Waals surface area contributed by atoms with Gasteiger partial charge in [-0.1, -0.05) is 18.2 Å². The second-order valence-corrected chi connectivity index (χ2v) is 8.33. The Morgan fingerprint density at radius 2 is 1.78 bits per heavy atom. The molecule has 1 unspecified atom stereocenters. The van der Waals surface area contributed by atoms with Crippen molar-refractivity contribution in [1.82, 2.24) is 9.97 Å². The zero-order chi connectivity index (χ0) is 21.9. The summed E-state index contributed by atoms with van der Waals surface area (Å²) in [5.74, 6) is 2.22. The maximum absolute atomic E-state index is 12.7. The first-order valence-electron chi connectivity index (χ1n) is 11.2. The van der Waals surface area contributed by atoms with Crippen LogP contribution in [0.1, 0.15) is 30.5 Å². The Hall–Kier alpha value is -3.61. The van der Waals surface area contributed by atoms with Crippen LogP contribution in [0.15, 0.2) is 54.6 Å². The van der Waals surface area contributed by atoms with Crippen molar-refractivity contribution < 1.29 is 9.53 Å². The van der Waals surface area contributed by atoms with E-state index in [1.807, 2.05) is 61.5 Å². The van der Waals surface area contributed by atoms with E-state index in [-0.39, 0.29) is 5.91 Å². The van der Waals surface area contributed by atoms with E-state index in [2.05, 4.69) is 25.5 Å². The van der Waals surface area contributed by atoms with Gasteiger partial charge in [-0.15, -0.1) is 0 Å². The Labute approximate surface area is 187 Å². The molecule has 2 aliphatic rings. The predicted molar refractivity (Wildman–Crippen MR) is 126 cm³/mol. The van der Waals surface area contributed by atoms with Crippen LogP contribution in [0.2, 0.25) is 0 Å². The largest absolute Gasteiger partial charge is 0.480 e. The number of para-hydroxylation sites is 1. The lowest BCUT2D eigenvalue weighted by Crippen LogP contribution is -2.35. The summed E-state index contributed by atoms with van der Waals surface area (Å²) in [5.41, 5.74) is 3.72. The SMILES string of the molecule is Cc1cc(Nc2ccc(NC(=O)C3CCc4ccccc4O3)cc2)nc(N2CCCC2)n1. The number of aryl methyl sites for hydroxylation is 2. The van der Waals surface area contributed by atoms with E-state index in [1.165, 1.54) is 12.8 Å². The monoisotopic (exact) mass is 429 g/mol. The summed E-state index contributed by atoms with van der Waals surface area (Å²) in [6.45, 7) is 4.00. The molecule has 1 amide bonds. The van der Waals surface area contributed by atoms with Gasteiger partial charge in [-0.25, -0.2) is 4.98 Å². The number of benzene rings is 2. The van der Waals surface area contributed by atoms with Crippen molar-refractivity contribution in [3.05, 3.63) is 65.9 Å². The van der Waals surface area contributed by atoms with Crippen LogP contribution >= 0.6 is 0 Å². The molecule has 32 heavy (non-hydrogen) atoms. The molecule has 0 spiro atoms. The van der Waals surface area contributed by atoms with E-state index in [9.17, 15) is 4.79 Å². The first-order valence-corrected chi connectivity index (χ1v) is 11.2. The molecule has 1 aromatic heterocycles. The summed E-state index contributed by atoms with van der Waals surface area (Å²) in [6.07, 6.45) is 3.41. The molecule has 7 nitrogen and oxygen atoms in total. The van der Waals surface area contributed by atoms with Crippen LogP contribution in [0.5, 0.6) is 5.75 Å². The average Bonchev–Trinajstić information content (AvgIpc) is 3.35. The highest BCUT2D eigenvalue weighted by molar-refractivity contribution is 5.94. The van der Waals surface area contributed by atoms with Crippen LogP contribution in [-0.4, -0.2) is 35.1 Å². The summed E-state index contributed by atoms with van der Waals surface area (Å²) in [6, 6.07) is 17.4. The minimum absolute atomic E-state index is 0.123. The first-order chi connectivity index (χ1) is 15.6. The Kier molecular flexibility index (Phi) is 5.62. The Morgan fingerprint density at radius 1 is 1.03 bits per heavy atom. The second-order valence-electron chi connectivity index (χ2n) is 8.33. The van der Waals surface area contributed by atoms with Gasteiger partial charge in [0.1, 0.15) is 11.6 Å². The molecule has 0 radical (unpaired) electrons. The summed E-state index contributed by atoms with van der Waals surface area (Å²) in [4.78, 5) is 24.2. The lowest BCUT2D eigenvalue weighted by molar-refractivity contribution is -0.123. The van der Waals surface area contributed by atoms with E-state index in [1.54, 1.807) is 0 Å². The minimum atomic E-state index is -0.476. The van der Waals surface area contributed by atoms with Gasteiger partial charge in [-0.05, 0) is 68.5 Å². The number of hydrogen-bond donors (Lipinski definition) is 2. The van der Waals surface area contributed by atoms with Crippen LogP contribution in [0, 0.1) is 6.92 Å². The molecule has 0 saturated carbocycles. The highest BCUT2D eigenvalue weighted by Gasteiger charge is 2.25. The van der Waals surface area contributed by atoms with Crippen molar-refractivity contribution in [2.75, 3.05) is 28.6 Å². The van der Waals surface area contributed by atoms with Gasteiger partial charge in [-0.2, -0.15) is 4.98 Å². The first kappa shape index (κ1) is 20.3. The molecule has 2 aliphatic heterocycles. The van der Waals surface area contributed by atoms with Crippen molar-refractivity contribution in [1.29, 1.82) is 0 Å². The highest BCUT2D eigenvalue weighted by Crippen LogP contribution is 2.28. The smallest absolute Gasteiger partial charge is 0.265 e. The molecule has 7 heteroatoms. The topological polar surface area (TPSA) is 79.4 Å². The van der Waals surface area contributed by atoms with Crippen LogP contribution in [0.25, 0.3) is 0 Å².